The van der Waals surface area contributed by atoms with Crippen LogP contribution in [-0.2, 0) is 14.3 Å². The molecular weight excluding hydrogens is 318 g/mol. The number of esters is 1. The van der Waals surface area contributed by atoms with Crippen LogP contribution >= 0.6 is 0 Å². The van der Waals surface area contributed by atoms with Crippen LogP contribution in [0, 0.1) is 0 Å². The Labute approximate surface area is 147 Å². The number of nitrogens with one attached hydrogen (secondary N) is 1. The molecule has 25 heavy (non-hydrogen) atoms. The van der Waals surface area contributed by atoms with Crippen molar-refractivity contribution in [3.63, 3.8) is 0 Å². The van der Waals surface area contributed by atoms with Crippen LogP contribution in [0.4, 0.5) is 5.69 Å². The average Bonchev–Trinajstić information content (AvgIpc) is 2.62. The Bertz CT molecular complexity index is 755. The summed E-state index contributed by atoms with van der Waals surface area (Å²) in [6, 6.07) is 15.9. The predicted molar refractivity (Wildman–Crippen MR) is 95.5 cm³/mol. The van der Waals surface area contributed by atoms with Crippen LogP contribution in [0.5, 0.6) is 0 Å². The molecule has 0 aliphatic rings. The van der Waals surface area contributed by atoms with Gasteiger partial charge in [0.15, 0.2) is 12.4 Å². The van der Waals surface area contributed by atoms with Gasteiger partial charge in [0, 0.05) is 11.3 Å². The summed E-state index contributed by atoms with van der Waals surface area (Å²) >= 11 is 0. The summed E-state index contributed by atoms with van der Waals surface area (Å²) in [4.78, 5) is 35.6. The first-order valence-electron chi connectivity index (χ1n) is 8.13. The number of benzene rings is 2. The minimum absolute atomic E-state index is 0.0869. The van der Waals surface area contributed by atoms with Crippen molar-refractivity contribution in [3.05, 3.63) is 65.7 Å². The zero-order valence-corrected chi connectivity index (χ0v) is 14.3. The molecule has 0 spiro atoms. The number of carbonyl (C=O) groups excluding carboxylic acids is 3. The van der Waals surface area contributed by atoms with Crippen LogP contribution in [0.25, 0.3) is 0 Å². The smallest absolute Gasteiger partial charge is 0.313 e. The van der Waals surface area contributed by atoms with Crippen LogP contribution in [0.3, 0.4) is 0 Å². The fraction of sp³-hybridized carbons (Fsp3) is 0.250. The van der Waals surface area contributed by atoms with E-state index in [1.165, 1.54) is 6.92 Å². The highest BCUT2D eigenvalue weighted by molar-refractivity contribution is 5.97. The molecule has 2 rings (SSSR count). The fourth-order valence-electron chi connectivity index (χ4n) is 2.47. The SMILES string of the molecule is CC[C@H](C(=O)OCC(=O)Nc1cccc(C(C)=O)c1)c1ccccc1. The second kappa shape index (κ2) is 8.78. The first-order valence-corrected chi connectivity index (χ1v) is 8.13. The molecule has 1 N–H and O–H groups in total. The normalized spacial score (nSPS) is 11.4. The summed E-state index contributed by atoms with van der Waals surface area (Å²) in [7, 11) is 0. The van der Waals surface area contributed by atoms with E-state index in [1.807, 2.05) is 37.3 Å². The van der Waals surface area contributed by atoms with Gasteiger partial charge in [0.05, 0.1) is 5.92 Å². The topological polar surface area (TPSA) is 72.5 Å². The largest absolute Gasteiger partial charge is 0.455 e. The second-order valence-electron chi connectivity index (χ2n) is 5.66. The number of ketones is 1. The summed E-state index contributed by atoms with van der Waals surface area (Å²) in [5.41, 5.74) is 1.86. The van der Waals surface area contributed by atoms with Crippen LogP contribution < -0.4 is 5.32 Å². The molecule has 0 aromatic heterocycles. The van der Waals surface area contributed by atoms with Gasteiger partial charge in [-0.1, -0.05) is 49.4 Å². The van der Waals surface area contributed by atoms with Gasteiger partial charge in [-0.05, 0) is 31.0 Å². The highest BCUT2D eigenvalue weighted by Crippen LogP contribution is 2.20. The van der Waals surface area contributed by atoms with E-state index < -0.39 is 17.8 Å². The predicted octanol–water partition coefficient (Wildman–Crippen LogP) is 3.56. The maximum absolute atomic E-state index is 12.2. The van der Waals surface area contributed by atoms with Crippen molar-refractivity contribution in [2.24, 2.45) is 0 Å². The number of anilines is 1. The van der Waals surface area contributed by atoms with Gasteiger partial charge in [0.25, 0.3) is 5.91 Å². The van der Waals surface area contributed by atoms with Gasteiger partial charge in [-0.2, -0.15) is 0 Å². The number of rotatable bonds is 7. The molecule has 0 radical (unpaired) electrons. The third-order valence-corrected chi connectivity index (χ3v) is 3.79. The molecule has 0 unspecified atom stereocenters. The van der Waals surface area contributed by atoms with E-state index in [2.05, 4.69) is 5.32 Å². The minimum Gasteiger partial charge on any atom is -0.455 e. The summed E-state index contributed by atoms with van der Waals surface area (Å²) in [5.74, 6) is -1.36. The first kappa shape index (κ1) is 18.4. The van der Waals surface area contributed by atoms with Crippen molar-refractivity contribution in [2.45, 2.75) is 26.2 Å². The van der Waals surface area contributed by atoms with Gasteiger partial charge in [-0.3, -0.25) is 14.4 Å². The standard InChI is InChI=1S/C20H21NO4/c1-3-18(15-8-5-4-6-9-15)20(24)25-13-19(23)21-17-11-7-10-16(12-17)14(2)22/h4-12,18H,3,13H2,1-2H3,(H,21,23)/t18-/m0/s1. The van der Waals surface area contributed by atoms with Crippen molar-refractivity contribution in [3.8, 4) is 0 Å². The number of hydrogen-bond acceptors (Lipinski definition) is 4. The molecule has 1 amide bonds. The minimum atomic E-state index is -0.447. The number of ether oxygens (including phenoxy) is 1. The number of amides is 1. The molecule has 0 aliphatic carbocycles. The lowest BCUT2D eigenvalue weighted by atomic mass is 9.97. The van der Waals surface area contributed by atoms with E-state index in [0.717, 1.165) is 5.56 Å². The zero-order valence-electron chi connectivity index (χ0n) is 14.3. The van der Waals surface area contributed by atoms with E-state index in [1.54, 1.807) is 24.3 Å². The number of carbonyl (C=O) groups is 3. The van der Waals surface area contributed by atoms with E-state index in [9.17, 15) is 14.4 Å². The van der Waals surface area contributed by atoms with Crippen molar-refractivity contribution in [1.29, 1.82) is 0 Å². The van der Waals surface area contributed by atoms with Gasteiger partial charge >= 0.3 is 5.97 Å². The third-order valence-electron chi connectivity index (χ3n) is 3.79. The molecule has 2 aromatic rings. The Balaban J connectivity index is 1.92. The van der Waals surface area contributed by atoms with Crippen molar-refractivity contribution in [2.75, 3.05) is 11.9 Å². The molecule has 130 valence electrons. The maximum Gasteiger partial charge on any atom is 0.313 e. The first-order chi connectivity index (χ1) is 12.0. The van der Waals surface area contributed by atoms with Crippen molar-refractivity contribution < 1.29 is 19.1 Å². The summed E-state index contributed by atoms with van der Waals surface area (Å²) in [5, 5.41) is 2.62. The van der Waals surface area contributed by atoms with Gasteiger partial charge in [-0.15, -0.1) is 0 Å². The van der Waals surface area contributed by atoms with Crippen LogP contribution in [-0.4, -0.2) is 24.3 Å². The molecule has 0 saturated carbocycles. The quantitative estimate of drug-likeness (QED) is 0.618. The Morgan fingerprint density at radius 1 is 1.04 bits per heavy atom. The third kappa shape index (κ3) is 5.28. The lowest BCUT2D eigenvalue weighted by molar-refractivity contribution is -0.149. The van der Waals surface area contributed by atoms with Crippen LogP contribution in [0.15, 0.2) is 54.6 Å². The molecule has 0 heterocycles. The maximum atomic E-state index is 12.2. The second-order valence-corrected chi connectivity index (χ2v) is 5.66. The van der Waals surface area contributed by atoms with Crippen molar-refractivity contribution in [1.82, 2.24) is 0 Å². The molecule has 5 nitrogen and oxygen atoms in total. The fourth-order valence-corrected chi connectivity index (χ4v) is 2.47. The lowest BCUT2D eigenvalue weighted by Crippen LogP contribution is -2.24. The summed E-state index contributed by atoms with van der Waals surface area (Å²) in [6.07, 6.45) is 0.588. The number of Topliss-reactive ketones (excluding diaryl/α,β-unsaturated/α-hetero) is 1. The summed E-state index contributed by atoms with van der Waals surface area (Å²) < 4.78 is 5.14. The Morgan fingerprint density at radius 2 is 1.76 bits per heavy atom. The van der Waals surface area contributed by atoms with Gasteiger partial charge in [0.1, 0.15) is 0 Å². The molecule has 0 aliphatic heterocycles. The van der Waals surface area contributed by atoms with E-state index >= 15 is 0 Å². The van der Waals surface area contributed by atoms with Crippen molar-refractivity contribution >= 4 is 23.3 Å². The van der Waals surface area contributed by atoms with Crippen LogP contribution in [0.1, 0.15) is 42.1 Å². The summed E-state index contributed by atoms with van der Waals surface area (Å²) in [6.45, 7) is 2.98. The molecule has 0 saturated heterocycles. The van der Waals surface area contributed by atoms with Gasteiger partial charge in [-0.25, -0.2) is 0 Å². The highest BCUT2D eigenvalue weighted by atomic mass is 16.5. The van der Waals surface area contributed by atoms with Gasteiger partial charge in [0.2, 0.25) is 0 Å². The lowest BCUT2D eigenvalue weighted by Gasteiger charge is -2.14. The molecule has 2 aromatic carbocycles. The molecule has 1 atom stereocenters. The average molecular weight is 339 g/mol. The Morgan fingerprint density at radius 3 is 2.40 bits per heavy atom. The van der Waals surface area contributed by atoms with Crippen LogP contribution in [0.2, 0.25) is 0 Å². The van der Waals surface area contributed by atoms with Gasteiger partial charge < -0.3 is 10.1 Å². The van der Waals surface area contributed by atoms with E-state index in [4.69, 9.17) is 4.74 Å². The molecule has 0 fully saturated rings. The number of hydrogen-bond donors (Lipinski definition) is 1. The Hall–Kier alpha value is -2.95. The monoisotopic (exact) mass is 339 g/mol. The molecular formula is C20H21NO4. The van der Waals surface area contributed by atoms with E-state index in [-0.39, 0.29) is 12.4 Å². The molecule has 5 heteroatoms. The highest BCUT2D eigenvalue weighted by Gasteiger charge is 2.21. The molecule has 0 bridgehead atoms. The Kier molecular flexibility index (Phi) is 6.46. The van der Waals surface area contributed by atoms with E-state index in [0.29, 0.717) is 17.7 Å². The zero-order chi connectivity index (χ0) is 18.2.